The molecule has 1 unspecified atom stereocenters. The monoisotopic (exact) mass is 354 g/mol. The van der Waals surface area contributed by atoms with Gasteiger partial charge in [0, 0.05) is 13.8 Å². The van der Waals surface area contributed by atoms with Crippen LogP contribution in [0.4, 0.5) is 0 Å². The third kappa shape index (κ3) is 4.04. The van der Waals surface area contributed by atoms with Crippen molar-refractivity contribution in [2.45, 2.75) is 4.90 Å². The van der Waals surface area contributed by atoms with Gasteiger partial charge in [-0.15, -0.1) is 0 Å². The lowest BCUT2D eigenvalue weighted by molar-refractivity contribution is -0.137. The highest BCUT2D eigenvalue weighted by Crippen LogP contribution is 2.22. The SMILES string of the molecule is COC(=O)CS(=O)c1cc(Br)cc(Br)c1. The Hall–Kier alpha value is -0.200. The summed E-state index contributed by atoms with van der Waals surface area (Å²) < 4.78 is 17.8. The van der Waals surface area contributed by atoms with Gasteiger partial charge in [-0.2, -0.15) is 0 Å². The molecule has 3 nitrogen and oxygen atoms in total. The Morgan fingerprint density at radius 2 is 1.87 bits per heavy atom. The Labute approximate surface area is 107 Å². The quantitative estimate of drug-likeness (QED) is 0.782. The lowest BCUT2D eigenvalue weighted by Crippen LogP contribution is -2.12. The molecule has 0 saturated carbocycles. The number of halogens is 2. The predicted molar refractivity (Wildman–Crippen MR) is 65.1 cm³/mol. The highest BCUT2D eigenvalue weighted by Gasteiger charge is 2.11. The molecule has 0 fully saturated rings. The second kappa shape index (κ2) is 5.77. The van der Waals surface area contributed by atoms with Gasteiger partial charge >= 0.3 is 5.97 Å². The highest BCUT2D eigenvalue weighted by molar-refractivity contribution is 9.11. The molecule has 0 bridgehead atoms. The van der Waals surface area contributed by atoms with E-state index in [9.17, 15) is 9.00 Å². The topological polar surface area (TPSA) is 43.4 Å². The predicted octanol–water partition coefficient (Wildman–Crippen LogP) is 2.49. The van der Waals surface area contributed by atoms with Gasteiger partial charge in [-0.25, -0.2) is 0 Å². The zero-order valence-corrected chi connectivity index (χ0v) is 11.8. The van der Waals surface area contributed by atoms with Crippen LogP contribution in [0.15, 0.2) is 32.0 Å². The minimum absolute atomic E-state index is 0.126. The van der Waals surface area contributed by atoms with Crippen LogP contribution in [0.5, 0.6) is 0 Å². The summed E-state index contributed by atoms with van der Waals surface area (Å²) in [6.07, 6.45) is 0. The number of hydrogen-bond donors (Lipinski definition) is 0. The summed E-state index contributed by atoms with van der Waals surface area (Å²) in [6, 6.07) is 5.26. The minimum atomic E-state index is -1.37. The fourth-order valence-electron chi connectivity index (χ4n) is 0.909. The summed E-state index contributed by atoms with van der Waals surface area (Å²) in [5.41, 5.74) is 0. The summed E-state index contributed by atoms with van der Waals surface area (Å²) >= 11 is 6.57. The van der Waals surface area contributed by atoms with Crippen LogP contribution in [-0.4, -0.2) is 23.0 Å². The Morgan fingerprint density at radius 3 is 2.33 bits per heavy atom. The van der Waals surface area contributed by atoms with Crippen LogP contribution in [0, 0.1) is 0 Å². The molecular formula is C9H8Br2O3S. The summed E-state index contributed by atoms with van der Waals surface area (Å²) in [4.78, 5) is 11.5. The molecule has 0 radical (unpaired) electrons. The van der Waals surface area contributed by atoms with Crippen LogP contribution in [0.1, 0.15) is 0 Å². The van der Waals surface area contributed by atoms with E-state index in [1.807, 2.05) is 6.07 Å². The summed E-state index contributed by atoms with van der Waals surface area (Å²) in [5, 5.41) is 0. The maximum absolute atomic E-state index is 11.7. The van der Waals surface area contributed by atoms with E-state index in [4.69, 9.17) is 0 Å². The van der Waals surface area contributed by atoms with E-state index in [0.717, 1.165) is 8.95 Å². The van der Waals surface area contributed by atoms with Crippen molar-refractivity contribution in [3.8, 4) is 0 Å². The second-order valence-electron chi connectivity index (χ2n) is 2.67. The first kappa shape index (κ1) is 12.9. The van der Waals surface area contributed by atoms with Crippen LogP contribution >= 0.6 is 31.9 Å². The van der Waals surface area contributed by atoms with Crippen LogP contribution in [0.3, 0.4) is 0 Å². The summed E-state index contributed by atoms with van der Waals surface area (Å²) in [6.45, 7) is 0. The molecule has 0 saturated heterocycles. The Bertz CT molecular complexity index is 386. The van der Waals surface area contributed by atoms with E-state index in [0.29, 0.717) is 4.90 Å². The van der Waals surface area contributed by atoms with Crippen molar-refractivity contribution in [1.29, 1.82) is 0 Å². The molecule has 6 heteroatoms. The molecule has 0 aliphatic heterocycles. The first-order valence-electron chi connectivity index (χ1n) is 3.94. The van der Waals surface area contributed by atoms with E-state index >= 15 is 0 Å². The third-order valence-electron chi connectivity index (χ3n) is 1.58. The standard InChI is InChI=1S/C9H8Br2O3S/c1-14-9(12)5-15(13)8-3-6(10)2-7(11)4-8/h2-4H,5H2,1H3. The van der Waals surface area contributed by atoms with Crippen molar-refractivity contribution in [1.82, 2.24) is 0 Å². The Morgan fingerprint density at radius 1 is 1.33 bits per heavy atom. The lowest BCUT2D eigenvalue weighted by atomic mass is 10.4. The molecule has 0 aliphatic carbocycles. The molecule has 0 aliphatic rings. The third-order valence-corrected chi connectivity index (χ3v) is 3.75. The zero-order chi connectivity index (χ0) is 11.4. The normalized spacial score (nSPS) is 12.2. The molecule has 1 rings (SSSR count). The van der Waals surface area contributed by atoms with E-state index < -0.39 is 16.8 Å². The number of hydrogen-bond acceptors (Lipinski definition) is 3. The van der Waals surface area contributed by atoms with Crippen molar-refractivity contribution in [3.05, 3.63) is 27.1 Å². The van der Waals surface area contributed by atoms with Gasteiger partial charge in [0.1, 0.15) is 5.75 Å². The minimum Gasteiger partial charge on any atom is -0.468 e. The average molecular weight is 356 g/mol. The molecule has 15 heavy (non-hydrogen) atoms. The smallest absolute Gasteiger partial charge is 0.318 e. The van der Waals surface area contributed by atoms with Gasteiger partial charge in [-0.1, -0.05) is 31.9 Å². The van der Waals surface area contributed by atoms with E-state index in [1.54, 1.807) is 12.1 Å². The Balaban J connectivity index is 2.86. The lowest BCUT2D eigenvalue weighted by Gasteiger charge is -2.02. The van der Waals surface area contributed by atoms with Crippen LogP contribution in [0.25, 0.3) is 0 Å². The molecular weight excluding hydrogens is 348 g/mol. The highest BCUT2D eigenvalue weighted by atomic mass is 79.9. The molecule has 0 heterocycles. The average Bonchev–Trinajstić information content (AvgIpc) is 2.16. The van der Waals surface area contributed by atoms with E-state index in [1.165, 1.54) is 7.11 Å². The second-order valence-corrected chi connectivity index (χ2v) is 5.95. The van der Waals surface area contributed by atoms with Gasteiger partial charge in [-0.3, -0.25) is 9.00 Å². The molecule has 0 aromatic heterocycles. The van der Waals surface area contributed by atoms with Crippen molar-refractivity contribution >= 4 is 48.6 Å². The molecule has 1 atom stereocenters. The van der Waals surface area contributed by atoms with Gasteiger partial charge in [-0.05, 0) is 18.2 Å². The number of ether oxygens (including phenoxy) is 1. The van der Waals surface area contributed by atoms with Crippen molar-refractivity contribution < 1.29 is 13.7 Å². The fraction of sp³-hybridized carbons (Fsp3) is 0.222. The maximum Gasteiger partial charge on any atom is 0.318 e. The summed E-state index contributed by atoms with van der Waals surface area (Å²) in [7, 11) is -0.0943. The van der Waals surface area contributed by atoms with E-state index in [2.05, 4.69) is 36.6 Å². The number of rotatable bonds is 3. The zero-order valence-electron chi connectivity index (χ0n) is 7.83. The van der Waals surface area contributed by atoms with Crippen LogP contribution in [0.2, 0.25) is 0 Å². The molecule has 0 amide bonds. The molecule has 1 aromatic carbocycles. The Kier molecular flexibility index (Phi) is 4.95. The van der Waals surface area contributed by atoms with Gasteiger partial charge in [0.05, 0.1) is 17.9 Å². The molecule has 0 spiro atoms. The largest absolute Gasteiger partial charge is 0.468 e. The number of carbonyl (C=O) groups is 1. The maximum atomic E-state index is 11.7. The van der Waals surface area contributed by atoms with Crippen molar-refractivity contribution in [3.63, 3.8) is 0 Å². The fourth-order valence-corrected chi connectivity index (χ4v) is 3.52. The van der Waals surface area contributed by atoms with Crippen LogP contribution < -0.4 is 0 Å². The van der Waals surface area contributed by atoms with Crippen molar-refractivity contribution in [2.24, 2.45) is 0 Å². The van der Waals surface area contributed by atoms with Crippen LogP contribution in [-0.2, 0) is 20.3 Å². The summed E-state index contributed by atoms with van der Waals surface area (Å²) in [5.74, 6) is -0.608. The van der Waals surface area contributed by atoms with Gasteiger partial charge < -0.3 is 4.74 Å². The molecule has 1 aromatic rings. The molecule has 82 valence electrons. The van der Waals surface area contributed by atoms with Crippen molar-refractivity contribution in [2.75, 3.05) is 12.9 Å². The number of methoxy groups -OCH3 is 1. The van der Waals surface area contributed by atoms with Gasteiger partial charge in [0.15, 0.2) is 0 Å². The first-order valence-corrected chi connectivity index (χ1v) is 6.84. The molecule has 0 N–H and O–H groups in total. The van der Waals surface area contributed by atoms with E-state index in [-0.39, 0.29) is 5.75 Å². The van der Waals surface area contributed by atoms with Gasteiger partial charge in [0.25, 0.3) is 0 Å². The first-order chi connectivity index (χ1) is 7.02. The number of carbonyl (C=O) groups excluding carboxylic acids is 1. The number of benzene rings is 1. The van der Waals surface area contributed by atoms with Gasteiger partial charge in [0.2, 0.25) is 0 Å². The number of esters is 1.